The maximum absolute atomic E-state index is 12.1. The van der Waals surface area contributed by atoms with Crippen LogP contribution < -0.4 is 10.1 Å². The van der Waals surface area contributed by atoms with E-state index in [1.165, 1.54) is 5.56 Å². The predicted octanol–water partition coefficient (Wildman–Crippen LogP) is 3.65. The van der Waals surface area contributed by atoms with Crippen molar-refractivity contribution in [1.29, 1.82) is 0 Å². The standard InChI is InChI=1S/C19H19NO2/c1-14-5-4-6-15(13-14)9-10-19(21)20-17-11-12-22-18-8-3-2-7-16(17)18/h2-10,13,17H,11-12H2,1H3,(H,20,21)/b10-9+/t17-/m1/s1. The zero-order valence-electron chi connectivity index (χ0n) is 12.6. The number of para-hydroxylation sites is 1. The molecular weight excluding hydrogens is 274 g/mol. The number of amides is 1. The summed E-state index contributed by atoms with van der Waals surface area (Å²) in [6.07, 6.45) is 4.22. The molecule has 1 N–H and O–H groups in total. The highest BCUT2D eigenvalue weighted by Gasteiger charge is 2.21. The normalized spacial score (nSPS) is 16.9. The minimum absolute atomic E-state index is 0.0135. The van der Waals surface area contributed by atoms with Gasteiger partial charge in [0.05, 0.1) is 12.6 Å². The fourth-order valence-corrected chi connectivity index (χ4v) is 2.66. The quantitative estimate of drug-likeness (QED) is 0.877. The third kappa shape index (κ3) is 3.37. The van der Waals surface area contributed by atoms with Gasteiger partial charge in [0.15, 0.2) is 0 Å². The molecule has 1 atom stereocenters. The molecular formula is C19H19NO2. The van der Waals surface area contributed by atoms with Gasteiger partial charge in [0.1, 0.15) is 5.75 Å². The van der Waals surface area contributed by atoms with Crippen LogP contribution in [0.1, 0.15) is 29.2 Å². The molecule has 1 aliphatic rings. The lowest BCUT2D eigenvalue weighted by Crippen LogP contribution is -2.30. The first kappa shape index (κ1) is 14.4. The molecule has 3 heteroatoms. The van der Waals surface area contributed by atoms with Gasteiger partial charge in [-0.15, -0.1) is 0 Å². The third-order valence-corrected chi connectivity index (χ3v) is 3.74. The maximum Gasteiger partial charge on any atom is 0.244 e. The van der Waals surface area contributed by atoms with Crippen LogP contribution in [0.15, 0.2) is 54.6 Å². The Morgan fingerprint density at radius 1 is 1.23 bits per heavy atom. The van der Waals surface area contributed by atoms with Gasteiger partial charge >= 0.3 is 0 Å². The summed E-state index contributed by atoms with van der Waals surface area (Å²) in [7, 11) is 0. The van der Waals surface area contributed by atoms with E-state index in [0.717, 1.165) is 23.3 Å². The summed E-state index contributed by atoms with van der Waals surface area (Å²) in [6.45, 7) is 2.67. The van der Waals surface area contributed by atoms with Crippen LogP contribution in [0.5, 0.6) is 5.75 Å². The first-order valence-corrected chi connectivity index (χ1v) is 7.49. The van der Waals surface area contributed by atoms with E-state index in [0.29, 0.717) is 6.61 Å². The van der Waals surface area contributed by atoms with Crippen molar-refractivity contribution in [1.82, 2.24) is 5.32 Å². The van der Waals surface area contributed by atoms with E-state index >= 15 is 0 Å². The summed E-state index contributed by atoms with van der Waals surface area (Å²) >= 11 is 0. The molecule has 1 amide bonds. The van der Waals surface area contributed by atoms with Crippen molar-refractivity contribution in [3.63, 3.8) is 0 Å². The molecule has 0 spiro atoms. The predicted molar refractivity (Wildman–Crippen MR) is 87.7 cm³/mol. The number of hydrogen-bond donors (Lipinski definition) is 1. The van der Waals surface area contributed by atoms with Gasteiger partial charge < -0.3 is 10.1 Å². The molecule has 0 radical (unpaired) electrons. The van der Waals surface area contributed by atoms with Crippen LogP contribution in [0.3, 0.4) is 0 Å². The highest BCUT2D eigenvalue weighted by Crippen LogP contribution is 2.31. The van der Waals surface area contributed by atoms with E-state index in [1.54, 1.807) is 6.08 Å². The van der Waals surface area contributed by atoms with Crippen LogP contribution in [0, 0.1) is 6.92 Å². The fraction of sp³-hybridized carbons (Fsp3) is 0.211. The Kier molecular flexibility index (Phi) is 4.24. The summed E-state index contributed by atoms with van der Waals surface area (Å²) in [4.78, 5) is 12.1. The average molecular weight is 293 g/mol. The molecule has 112 valence electrons. The van der Waals surface area contributed by atoms with Gasteiger partial charge in [0, 0.05) is 18.1 Å². The molecule has 3 rings (SSSR count). The Hall–Kier alpha value is -2.55. The molecule has 1 heterocycles. The summed E-state index contributed by atoms with van der Waals surface area (Å²) in [5.74, 6) is 0.782. The highest BCUT2D eigenvalue weighted by atomic mass is 16.5. The molecule has 0 aromatic heterocycles. The second kappa shape index (κ2) is 6.48. The number of carbonyl (C=O) groups is 1. The molecule has 22 heavy (non-hydrogen) atoms. The van der Waals surface area contributed by atoms with E-state index in [-0.39, 0.29) is 11.9 Å². The Labute approximate surface area is 130 Å². The second-order valence-corrected chi connectivity index (χ2v) is 5.48. The summed E-state index contributed by atoms with van der Waals surface area (Å²) in [6, 6.07) is 15.9. The molecule has 0 fully saturated rings. The first-order valence-electron chi connectivity index (χ1n) is 7.49. The zero-order valence-corrected chi connectivity index (χ0v) is 12.6. The molecule has 0 unspecified atom stereocenters. The summed E-state index contributed by atoms with van der Waals surface area (Å²) in [5.41, 5.74) is 3.26. The number of rotatable bonds is 3. The number of benzene rings is 2. The smallest absolute Gasteiger partial charge is 0.244 e. The van der Waals surface area contributed by atoms with E-state index in [2.05, 4.69) is 5.32 Å². The molecule has 0 bridgehead atoms. The second-order valence-electron chi connectivity index (χ2n) is 5.48. The topological polar surface area (TPSA) is 38.3 Å². The SMILES string of the molecule is Cc1cccc(/C=C/C(=O)N[C@@H]2CCOc3ccccc32)c1. The van der Waals surface area contributed by atoms with Gasteiger partial charge in [-0.1, -0.05) is 48.0 Å². The van der Waals surface area contributed by atoms with Crippen LogP contribution in [-0.2, 0) is 4.79 Å². The molecule has 3 nitrogen and oxygen atoms in total. The van der Waals surface area contributed by atoms with Crippen molar-refractivity contribution < 1.29 is 9.53 Å². The molecule has 1 aliphatic heterocycles. The fourth-order valence-electron chi connectivity index (χ4n) is 2.66. The van der Waals surface area contributed by atoms with Crippen molar-refractivity contribution in [2.75, 3.05) is 6.61 Å². The van der Waals surface area contributed by atoms with Crippen molar-refractivity contribution in [2.45, 2.75) is 19.4 Å². The third-order valence-electron chi connectivity index (χ3n) is 3.74. The van der Waals surface area contributed by atoms with Crippen LogP contribution in [0.4, 0.5) is 0 Å². The minimum atomic E-state index is -0.0804. The monoisotopic (exact) mass is 293 g/mol. The van der Waals surface area contributed by atoms with Gasteiger partial charge in [-0.05, 0) is 24.6 Å². The van der Waals surface area contributed by atoms with Crippen LogP contribution in [0.25, 0.3) is 6.08 Å². The molecule has 0 saturated heterocycles. The first-order chi connectivity index (χ1) is 10.7. The highest BCUT2D eigenvalue weighted by molar-refractivity contribution is 5.92. The Morgan fingerprint density at radius 3 is 2.95 bits per heavy atom. The number of carbonyl (C=O) groups excluding carboxylic acids is 1. The largest absolute Gasteiger partial charge is 0.493 e. The Bertz CT molecular complexity index is 706. The number of nitrogens with one attached hydrogen (secondary N) is 1. The lowest BCUT2D eigenvalue weighted by molar-refractivity contribution is -0.117. The van der Waals surface area contributed by atoms with Gasteiger partial charge in [0.25, 0.3) is 0 Å². The molecule has 0 saturated carbocycles. The number of fused-ring (bicyclic) bond motifs is 1. The van der Waals surface area contributed by atoms with Crippen molar-refractivity contribution in [2.24, 2.45) is 0 Å². The number of aryl methyl sites for hydroxylation is 1. The van der Waals surface area contributed by atoms with Crippen LogP contribution in [-0.4, -0.2) is 12.5 Å². The lowest BCUT2D eigenvalue weighted by atomic mass is 10.0. The van der Waals surface area contributed by atoms with Gasteiger partial charge in [-0.3, -0.25) is 4.79 Å². The van der Waals surface area contributed by atoms with Crippen LogP contribution >= 0.6 is 0 Å². The van der Waals surface area contributed by atoms with Gasteiger partial charge in [0.2, 0.25) is 5.91 Å². The van der Waals surface area contributed by atoms with Gasteiger partial charge in [-0.25, -0.2) is 0 Å². The number of hydrogen-bond acceptors (Lipinski definition) is 2. The summed E-state index contributed by atoms with van der Waals surface area (Å²) < 4.78 is 5.61. The van der Waals surface area contributed by atoms with E-state index in [4.69, 9.17) is 4.74 Å². The molecule has 0 aliphatic carbocycles. The van der Waals surface area contributed by atoms with Crippen molar-refractivity contribution in [3.05, 3.63) is 71.3 Å². The molecule has 2 aromatic rings. The number of ether oxygens (including phenoxy) is 1. The minimum Gasteiger partial charge on any atom is -0.493 e. The average Bonchev–Trinajstić information content (AvgIpc) is 2.53. The lowest BCUT2D eigenvalue weighted by Gasteiger charge is -2.26. The van der Waals surface area contributed by atoms with Gasteiger partial charge in [-0.2, -0.15) is 0 Å². The Balaban J connectivity index is 1.68. The Morgan fingerprint density at radius 2 is 2.09 bits per heavy atom. The molecule has 2 aromatic carbocycles. The maximum atomic E-state index is 12.1. The van der Waals surface area contributed by atoms with Crippen LogP contribution in [0.2, 0.25) is 0 Å². The zero-order chi connectivity index (χ0) is 15.4. The van der Waals surface area contributed by atoms with E-state index < -0.39 is 0 Å². The van der Waals surface area contributed by atoms with E-state index in [9.17, 15) is 4.79 Å². The van der Waals surface area contributed by atoms with Crippen molar-refractivity contribution in [3.8, 4) is 5.75 Å². The summed E-state index contributed by atoms with van der Waals surface area (Å²) in [5, 5.41) is 3.05. The van der Waals surface area contributed by atoms with Crippen molar-refractivity contribution >= 4 is 12.0 Å². The van der Waals surface area contributed by atoms with E-state index in [1.807, 2.05) is 61.5 Å².